The smallest absolute Gasteiger partial charge is 0.360 e. The molecular weight excluding hydrogens is 472 g/mol. The molecule has 1 aromatic heterocycles. The zero-order valence-electron chi connectivity index (χ0n) is 21.1. The number of methoxy groups -OCH3 is 1. The maximum Gasteiger partial charge on any atom is 0.360 e. The van der Waals surface area contributed by atoms with Crippen molar-refractivity contribution in [3.63, 3.8) is 0 Å². The average Bonchev–Trinajstić information content (AvgIpc) is 2.85. The normalized spacial score (nSPS) is 25.2. The van der Waals surface area contributed by atoms with Gasteiger partial charge in [0.25, 0.3) is 0 Å². The van der Waals surface area contributed by atoms with Gasteiger partial charge in [-0.05, 0) is 97.2 Å². The number of hydrogen-bond donors (Lipinski definition) is 2. The molecule has 2 unspecified atom stereocenters. The van der Waals surface area contributed by atoms with Crippen molar-refractivity contribution in [2.75, 3.05) is 17.7 Å². The van der Waals surface area contributed by atoms with Gasteiger partial charge in [-0.1, -0.05) is 31.5 Å². The van der Waals surface area contributed by atoms with Crippen molar-refractivity contribution in [3.05, 3.63) is 71.1 Å². The number of nitrogens with one attached hydrogen (secondary N) is 2. The monoisotopic (exact) mass is 504 g/mol. The van der Waals surface area contributed by atoms with E-state index in [0.29, 0.717) is 5.82 Å². The molecule has 5 rings (SSSR count). The Labute approximate surface area is 217 Å². The van der Waals surface area contributed by atoms with Crippen molar-refractivity contribution < 1.29 is 9.53 Å². The van der Waals surface area contributed by atoms with E-state index in [1.807, 2.05) is 24.3 Å². The highest BCUT2D eigenvalue weighted by atomic mass is 35.5. The third-order valence-corrected chi connectivity index (χ3v) is 8.10. The molecule has 0 saturated heterocycles. The molecule has 2 bridgehead atoms. The summed E-state index contributed by atoms with van der Waals surface area (Å²) in [4.78, 5) is 20.2. The number of carbonyl (C=O) groups excluding carboxylic acids is 1. The highest BCUT2D eigenvalue weighted by Crippen LogP contribution is 2.51. The summed E-state index contributed by atoms with van der Waals surface area (Å²) < 4.78 is 4.78. The van der Waals surface area contributed by atoms with E-state index < -0.39 is 5.97 Å². The van der Waals surface area contributed by atoms with Crippen molar-refractivity contribution in [2.24, 2.45) is 17.8 Å². The second-order valence-corrected chi connectivity index (χ2v) is 11.2. The van der Waals surface area contributed by atoms with Gasteiger partial charge in [0.1, 0.15) is 0 Å². The minimum atomic E-state index is -0.540. The van der Waals surface area contributed by atoms with Crippen LogP contribution in [-0.4, -0.2) is 23.0 Å². The highest BCUT2D eigenvalue weighted by Gasteiger charge is 2.41. The summed E-state index contributed by atoms with van der Waals surface area (Å²) in [6.45, 7) is 4.84. The first-order valence-electron chi connectivity index (χ1n) is 12.7. The SMILES string of the molecule is COC(=O)c1nccnc1Nc1ccc(Nc2ccc(C3(C)CC4CC(C)CC(C4)C3)cc2Cl)cc1. The van der Waals surface area contributed by atoms with E-state index in [1.54, 1.807) is 0 Å². The lowest BCUT2D eigenvalue weighted by Gasteiger charge is -2.47. The van der Waals surface area contributed by atoms with Gasteiger partial charge in [0.2, 0.25) is 0 Å². The van der Waals surface area contributed by atoms with Gasteiger partial charge in [0.05, 0.1) is 17.8 Å². The molecule has 7 heteroatoms. The molecule has 2 fully saturated rings. The molecule has 188 valence electrons. The van der Waals surface area contributed by atoms with Crippen LogP contribution in [0, 0.1) is 17.8 Å². The van der Waals surface area contributed by atoms with Gasteiger partial charge in [-0.15, -0.1) is 0 Å². The standard InChI is InChI=1S/C29H33ClN4O2/c1-18-12-19-14-20(13-18)17-29(2,16-19)21-4-9-25(24(30)15-21)33-22-5-7-23(8-6-22)34-27-26(28(35)36-3)31-10-11-32-27/h4-11,15,18-20,33H,12-14,16-17H2,1-3H3,(H,32,34). The molecule has 2 aliphatic rings. The molecule has 3 aromatic rings. The third kappa shape index (κ3) is 5.19. The van der Waals surface area contributed by atoms with E-state index in [4.69, 9.17) is 16.3 Å². The molecule has 6 nitrogen and oxygen atoms in total. The number of hydrogen-bond acceptors (Lipinski definition) is 6. The van der Waals surface area contributed by atoms with Gasteiger partial charge in [-0.25, -0.2) is 14.8 Å². The van der Waals surface area contributed by atoms with Gasteiger partial charge >= 0.3 is 5.97 Å². The Balaban J connectivity index is 1.27. The number of nitrogens with zero attached hydrogens (tertiary/aromatic N) is 2. The van der Waals surface area contributed by atoms with Crippen LogP contribution in [0.5, 0.6) is 0 Å². The van der Waals surface area contributed by atoms with Crippen molar-refractivity contribution >= 4 is 40.5 Å². The molecular formula is C29H33ClN4O2. The van der Waals surface area contributed by atoms with Crippen LogP contribution in [-0.2, 0) is 10.2 Å². The Bertz CT molecular complexity index is 1230. The molecule has 1 heterocycles. The summed E-state index contributed by atoms with van der Waals surface area (Å²) in [5.41, 5.74) is 4.27. The zero-order chi connectivity index (χ0) is 25.3. The number of esters is 1. The first kappa shape index (κ1) is 24.6. The van der Waals surface area contributed by atoms with Crippen molar-refractivity contribution in [1.29, 1.82) is 0 Å². The molecule has 2 saturated carbocycles. The number of carbonyl (C=O) groups is 1. The number of fused-ring (bicyclic) bond motifs is 2. The summed E-state index contributed by atoms with van der Waals surface area (Å²) in [5, 5.41) is 7.30. The van der Waals surface area contributed by atoms with E-state index in [0.717, 1.165) is 39.8 Å². The lowest BCUT2D eigenvalue weighted by atomic mass is 9.57. The molecule has 2 N–H and O–H groups in total. The number of halogens is 1. The molecule has 36 heavy (non-hydrogen) atoms. The quantitative estimate of drug-likeness (QED) is 0.338. The topological polar surface area (TPSA) is 76.1 Å². The summed E-state index contributed by atoms with van der Waals surface area (Å²) in [5.74, 6) is 2.35. The Morgan fingerprint density at radius 2 is 1.61 bits per heavy atom. The van der Waals surface area contributed by atoms with E-state index in [2.05, 4.69) is 52.6 Å². The number of rotatable bonds is 6. The van der Waals surface area contributed by atoms with Crippen LogP contribution in [0.3, 0.4) is 0 Å². The Morgan fingerprint density at radius 1 is 0.972 bits per heavy atom. The summed E-state index contributed by atoms with van der Waals surface area (Å²) in [6, 6.07) is 14.2. The summed E-state index contributed by atoms with van der Waals surface area (Å²) >= 11 is 6.77. The Morgan fingerprint density at radius 3 is 2.25 bits per heavy atom. The minimum Gasteiger partial charge on any atom is -0.464 e. The van der Waals surface area contributed by atoms with Gasteiger partial charge < -0.3 is 15.4 Å². The highest BCUT2D eigenvalue weighted by molar-refractivity contribution is 6.33. The lowest BCUT2D eigenvalue weighted by Crippen LogP contribution is -2.38. The number of benzene rings is 2. The van der Waals surface area contributed by atoms with Crippen LogP contribution < -0.4 is 10.6 Å². The molecule has 2 aromatic carbocycles. The van der Waals surface area contributed by atoms with E-state index in [9.17, 15) is 4.79 Å². The van der Waals surface area contributed by atoms with Crippen LogP contribution >= 0.6 is 11.6 Å². The first-order chi connectivity index (χ1) is 17.3. The summed E-state index contributed by atoms with van der Waals surface area (Å²) in [7, 11) is 1.32. The second-order valence-electron chi connectivity index (χ2n) is 10.8. The van der Waals surface area contributed by atoms with Crippen LogP contribution in [0.4, 0.5) is 22.9 Å². The molecule has 0 radical (unpaired) electrons. The molecule has 2 atom stereocenters. The second kappa shape index (κ2) is 10.1. The molecule has 2 aliphatic carbocycles. The predicted octanol–water partition coefficient (Wildman–Crippen LogP) is 7.51. The van der Waals surface area contributed by atoms with Gasteiger partial charge in [-0.3, -0.25) is 0 Å². The maximum absolute atomic E-state index is 11.9. The van der Waals surface area contributed by atoms with E-state index >= 15 is 0 Å². The number of aromatic nitrogens is 2. The predicted molar refractivity (Wildman–Crippen MR) is 144 cm³/mol. The summed E-state index contributed by atoms with van der Waals surface area (Å²) in [6.07, 6.45) is 9.64. The average molecular weight is 505 g/mol. The van der Waals surface area contributed by atoms with Crippen LogP contribution in [0.1, 0.15) is 62.0 Å². The zero-order valence-corrected chi connectivity index (χ0v) is 21.8. The van der Waals surface area contributed by atoms with E-state index in [1.165, 1.54) is 57.2 Å². The fourth-order valence-electron chi connectivity index (χ4n) is 6.42. The maximum atomic E-state index is 11.9. The Kier molecular flexibility index (Phi) is 6.89. The fourth-order valence-corrected chi connectivity index (χ4v) is 6.65. The van der Waals surface area contributed by atoms with E-state index in [-0.39, 0.29) is 11.1 Å². The molecule has 0 aliphatic heterocycles. The van der Waals surface area contributed by atoms with Crippen LogP contribution in [0.25, 0.3) is 0 Å². The van der Waals surface area contributed by atoms with Gasteiger partial charge in [-0.2, -0.15) is 0 Å². The lowest BCUT2D eigenvalue weighted by molar-refractivity contribution is 0.0595. The van der Waals surface area contributed by atoms with Crippen LogP contribution in [0.2, 0.25) is 5.02 Å². The number of ether oxygens (including phenoxy) is 1. The number of anilines is 4. The van der Waals surface area contributed by atoms with Crippen LogP contribution in [0.15, 0.2) is 54.9 Å². The van der Waals surface area contributed by atoms with Gasteiger partial charge in [0.15, 0.2) is 11.5 Å². The minimum absolute atomic E-state index is 0.138. The van der Waals surface area contributed by atoms with Gasteiger partial charge in [0, 0.05) is 23.8 Å². The van der Waals surface area contributed by atoms with Crippen molar-refractivity contribution in [1.82, 2.24) is 9.97 Å². The van der Waals surface area contributed by atoms with Crippen molar-refractivity contribution in [3.8, 4) is 0 Å². The fraction of sp³-hybridized carbons (Fsp3) is 0.414. The largest absolute Gasteiger partial charge is 0.464 e. The Hall–Kier alpha value is -3.12. The third-order valence-electron chi connectivity index (χ3n) is 7.79. The van der Waals surface area contributed by atoms with Crippen molar-refractivity contribution in [2.45, 2.75) is 51.4 Å². The molecule has 0 spiro atoms. The molecule has 0 amide bonds. The first-order valence-corrected chi connectivity index (χ1v) is 13.0.